The van der Waals surface area contributed by atoms with Crippen molar-refractivity contribution in [3.05, 3.63) is 59.9 Å². The van der Waals surface area contributed by atoms with Gasteiger partial charge in [0.1, 0.15) is 12.3 Å². The van der Waals surface area contributed by atoms with E-state index in [1.54, 1.807) is 6.07 Å². The van der Waals surface area contributed by atoms with Crippen LogP contribution in [-0.2, 0) is 6.54 Å². The second-order valence-corrected chi connectivity index (χ2v) is 7.39. The molecule has 0 bridgehead atoms. The molecule has 0 amide bonds. The highest BCUT2D eigenvalue weighted by Gasteiger charge is 2.06. The number of halogens is 1. The van der Waals surface area contributed by atoms with Gasteiger partial charge in [0.2, 0.25) is 5.69 Å². The van der Waals surface area contributed by atoms with Gasteiger partial charge in [0.25, 0.3) is 0 Å². The molecule has 28 heavy (non-hydrogen) atoms. The zero-order chi connectivity index (χ0) is 19.2. The third-order valence-electron chi connectivity index (χ3n) is 5.10. The summed E-state index contributed by atoms with van der Waals surface area (Å²) in [5, 5.41) is 9.90. The standard InChI is InChI=1S/C25H35NO.BrH/c1-2-3-4-5-6-7-8-9-10-14-21-26-22-15-13-17-24(26)20-19-23-16-11-12-18-25(23)27;/h11-13,15-20,22H,2-10,14,21H2,1H3;1H. The van der Waals surface area contributed by atoms with E-state index in [9.17, 15) is 5.11 Å². The highest BCUT2D eigenvalue weighted by Crippen LogP contribution is 2.18. The molecule has 0 spiro atoms. The molecule has 0 aliphatic carbocycles. The highest BCUT2D eigenvalue weighted by molar-refractivity contribution is 5.70. The summed E-state index contributed by atoms with van der Waals surface area (Å²) < 4.78 is 2.31. The molecule has 3 heteroatoms. The summed E-state index contributed by atoms with van der Waals surface area (Å²) in [7, 11) is 0. The van der Waals surface area contributed by atoms with Gasteiger partial charge in [0, 0.05) is 30.2 Å². The van der Waals surface area contributed by atoms with E-state index in [1.807, 2.05) is 24.3 Å². The van der Waals surface area contributed by atoms with Crippen LogP contribution in [0.2, 0.25) is 0 Å². The zero-order valence-corrected chi connectivity index (χ0v) is 18.9. The minimum absolute atomic E-state index is 0. The van der Waals surface area contributed by atoms with Crippen LogP contribution in [0.4, 0.5) is 0 Å². The monoisotopic (exact) mass is 445 g/mol. The van der Waals surface area contributed by atoms with Gasteiger partial charge in [-0.25, -0.2) is 0 Å². The number of benzene rings is 1. The van der Waals surface area contributed by atoms with Crippen molar-refractivity contribution in [3.8, 4) is 5.75 Å². The molecule has 0 saturated carbocycles. The maximum atomic E-state index is 9.90. The van der Waals surface area contributed by atoms with Crippen molar-refractivity contribution in [1.82, 2.24) is 0 Å². The van der Waals surface area contributed by atoms with Crippen molar-refractivity contribution in [2.45, 2.75) is 77.7 Å². The summed E-state index contributed by atoms with van der Waals surface area (Å²) in [4.78, 5) is 0. The number of hydrogen-bond donors (Lipinski definition) is 1. The molecule has 0 atom stereocenters. The number of para-hydroxylation sites is 1. The summed E-state index contributed by atoms with van der Waals surface area (Å²) in [5.74, 6) is 0.325. The summed E-state index contributed by atoms with van der Waals surface area (Å²) >= 11 is 0. The van der Waals surface area contributed by atoms with E-state index in [0.717, 1.165) is 12.1 Å². The topological polar surface area (TPSA) is 24.1 Å². The number of phenols is 1. The Morgan fingerprint density at radius 2 is 1.36 bits per heavy atom. The van der Waals surface area contributed by atoms with Crippen molar-refractivity contribution in [1.29, 1.82) is 0 Å². The Morgan fingerprint density at radius 1 is 0.750 bits per heavy atom. The van der Waals surface area contributed by atoms with E-state index in [2.05, 4.69) is 42.0 Å². The van der Waals surface area contributed by atoms with Gasteiger partial charge in [-0.1, -0.05) is 76.5 Å². The predicted octanol–water partition coefficient (Wildman–Crippen LogP) is 3.78. The fourth-order valence-electron chi connectivity index (χ4n) is 3.42. The van der Waals surface area contributed by atoms with Crippen molar-refractivity contribution in [3.63, 3.8) is 0 Å². The van der Waals surface area contributed by atoms with Crippen LogP contribution in [0.25, 0.3) is 12.2 Å². The first kappa shape index (κ1) is 24.4. The lowest BCUT2D eigenvalue weighted by Gasteiger charge is -2.03. The Labute approximate surface area is 182 Å². The van der Waals surface area contributed by atoms with Gasteiger partial charge >= 0.3 is 0 Å². The highest BCUT2D eigenvalue weighted by atomic mass is 79.9. The van der Waals surface area contributed by atoms with Gasteiger partial charge in [0.05, 0.1) is 0 Å². The molecule has 2 aromatic rings. The lowest BCUT2D eigenvalue weighted by molar-refractivity contribution is -0.699. The molecular weight excluding hydrogens is 410 g/mol. The van der Waals surface area contributed by atoms with Crippen LogP contribution in [0.3, 0.4) is 0 Å². The molecule has 1 aromatic heterocycles. The van der Waals surface area contributed by atoms with E-state index in [0.29, 0.717) is 5.75 Å². The number of rotatable bonds is 13. The van der Waals surface area contributed by atoms with Crippen LogP contribution >= 0.6 is 0 Å². The average molecular weight is 446 g/mol. The molecule has 0 radical (unpaired) electrons. The molecule has 2 rings (SSSR count). The van der Waals surface area contributed by atoms with Crippen LogP contribution < -0.4 is 21.5 Å². The largest absolute Gasteiger partial charge is 1.00 e. The minimum Gasteiger partial charge on any atom is -1.00 e. The van der Waals surface area contributed by atoms with E-state index in [-0.39, 0.29) is 17.0 Å². The summed E-state index contributed by atoms with van der Waals surface area (Å²) in [6, 6.07) is 13.7. The first-order chi connectivity index (χ1) is 13.3. The van der Waals surface area contributed by atoms with Crippen LogP contribution in [0.1, 0.15) is 82.4 Å². The third kappa shape index (κ3) is 9.54. The quantitative estimate of drug-likeness (QED) is 0.368. The first-order valence-corrected chi connectivity index (χ1v) is 10.8. The normalized spacial score (nSPS) is 10.9. The second-order valence-electron chi connectivity index (χ2n) is 7.39. The van der Waals surface area contributed by atoms with Gasteiger partial charge < -0.3 is 22.1 Å². The van der Waals surface area contributed by atoms with E-state index in [4.69, 9.17) is 0 Å². The molecule has 0 unspecified atom stereocenters. The lowest BCUT2D eigenvalue weighted by atomic mass is 10.1. The molecule has 0 aliphatic rings. The Hall–Kier alpha value is -1.61. The maximum Gasteiger partial charge on any atom is 0.205 e. The van der Waals surface area contributed by atoms with Gasteiger partial charge in [0.15, 0.2) is 6.20 Å². The number of aromatic nitrogens is 1. The fourth-order valence-corrected chi connectivity index (χ4v) is 3.42. The van der Waals surface area contributed by atoms with Gasteiger partial charge in [-0.3, -0.25) is 0 Å². The summed E-state index contributed by atoms with van der Waals surface area (Å²) in [6.45, 7) is 3.33. The predicted molar refractivity (Wildman–Crippen MR) is 116 cm³/mol. The molecule has 0 fully saturated rings. The molecule has 2 nitrogen and oxygen atoms in total. The number of nitrogens with zero attached hydrogens (tertiary/aromatic N) is 1. The molecular formula is C25H36BrNO. The zero-order valence-electron chi connectivity index (χ0n) is 17.3. The third-order valence-corrected chi connectivity index (χ3v) is 5.10. The lowest BCUT2D eigenvalue weighted by Crippen LogP contribution is -3.00. The van der Waals surface area contributed by atoms with E-state index < -0.39 is 0 Å². The number of aromatic hydroxyl groups is 1. The van der Waals surface area contributed by atoms with Gasteiger partial charge in [-0.05, 0) is 24.6 Å². The Bertz CT molecular complexity index is 684. The van der Waals surface area contributed by atoms with Crippen molar-refractivity contribution >= 4 is 12.2 Å². The summed E-state index contributed by atoms with van der Waals surface area (Å²) in [5.41, 5.74) is 2.03. The molecule has 1 heterocycles. The van der Waals surface area contributed by atoms with E-state index in [1.165, 1.54) is 69.9 Å². The Kier molecular flexibility index (Phi) is 13.4. The minimum atomic E-state index is 0. The van der Waals surface area contributed by atoms with Crippen LogP contribution in [0.15, 0.2) is 48.7 Å². The smallest absolute Gasteiger partial charge is 0.205 e. The average Bonchev–Trinajstić information content (AvgIpc) is 2.69. The van der Waals surface area contributed by atoms with Gasteiger partial charge in [-0.15, -0.1) is 0 Å². The number of hydrogen-bond acceptors (Lipinski definition) is 1. The number of phenolic OH excluding ortho intramolecular Hbond substituents is 1. The number of pyridine rings is 1. The van der Waals surface area contributed by atoms with E-state index >= 15 is 0 Å². The fraction of sp³-hybridized carbons (Fsp3) is 0.480. The van der Waals surface area contributed by atoms with Gasteiger partial charge in [-0.2, -0.15) is 4.57 Å². The number of aryl methyl sites for hydroxylation is 1. The first-order valence-electron chi connectivity index (χ1n) is 10.8. The second kappa shape index (κ2) is 15.3. The molecule has 1 aromatic carbocycles. The van der Waals surface area contributed by atoms with Crippen LogP contribution in [-0.4, -0.2) is 5.11 Å². The van der Waals surface area contributed by atoms with Crippen molar-refractivity contribution < 1.29 is 26.7 Å². The van der Waals surface area contributed by atoms with Crippen LogP contribution in [0, 0.1) is 0 Å². The van der Waals surface area contributed by atoms with Crippen molar-refractivity contribution in [2.75, 3.05) is 0 Å². The Balaban J connectivity index is 0.00000392. The van der Waals surface area contributed by atoms with Crippen LogP contribution in [0.5, 0.6) is 5.75 Å². The Morgan fingerprint density at radius 3 is 2.04 bits per heavy atom. The molecule has 0 saturated heterocycles. The number of unbranched alkanes of at least 4 members (excludes halogenated alkanes) is 9. The SMILES string of the molecule is CCCCCCCCCCCC[n+]1ccccc1/C=C/c1ccccc1O.[Br-]. The molecule has 154 valence electrons. The molecule has 0 aliphatic heterocycles. The van der Waals surface area contributed by atoms with Crippen molar-refractivity contribution in [2.24, 2.45) is 0 Å². The maximum absolute atomic E-state index is 9.90. The molecule has 1 N–H and O–H groups in total. The summed E-state index contributed by atoms with van der Waals surface area (Å²) in [6.07, 6.45) is 19.9.